The van der Waals surface area contributed by atoms with Gasteiger partial charge in [-0.3, -0.25) is 5.21 Å². The molecule has 0 aliphatic heterocycles. The van der Waals surface area contributed by atoms with Crippen molar-refractivity contribution in [2.24, 2.45) is 11.7 Å². The molecule has 0 aliphatic carbocycles. The van der Waals surface area contributed by atoms with E-state index >= 15 is 0 Å². The number of quaternary nitrogens is 1. The van der Waals surface area contributed by atoms with Crippen molar-refractivity contribution in [3.8, 4) is 0 Å². The number of hydrogen-bond donors (Lipinski definition) is 5. The smallest absolute Gasteiger partial charge is 0.140 e. The summed E-state index contributed by atoms with van der Waals surface area (Å²) < 4.78 is 0. The Bertz CT molecular complexity index is 57.9. The van der Waals surface area contributed by atoms with Gasteiger partial charge in [0, 0.05) is 0 Å². The first-order valence-electron chi connectivity index (χ1n) is 1.82. The Balaban J connectivity index is 3.11. The summed E-state index contributed by atoms with van der Waals surface area (Å²) in [7, 11) is 1.35. The lowest BCUT2D eigenvalue weighted by molar-refractivity contribution is -1.12. The molecule has 0 aromatic carbocycles. The third-order valence-electron chi connectivity index (χ3n) is 0.288. The second kappa shape index (κ2) is 2.89. The zero-order chi connectivity index (χ0) is 6.62. The fourth-order valence-corrected chi connectivity index (χ4v) is 0.119. The molecule has 0 aliphatic rings. The maximum Gasteiger partial charge on any atom is 0.140 e. The van der Waals surface area contributed by atoms with Crippen molar-refractivity contribution in [2.75, 3.05) is 7.05 Å². The lowest BCUT2D eigenvalue weighted by atomic mass is 11.4. The zero-order valence-corrected chi connectivity index (χ0v) is 4.46. The second-order valence-electron chi connectivity index (χ2n) is 1.36. The molecular formula is CH10N5O2+. The van der Waals surface area contributed by atoms with Crippen molar-refractivity contribution in [1.82, 2.24) is 11.2 Å². The quantitative estimate of drug-likeness (QED) is 0.162. The van der Waals surface area contributed by atoms with E-state index in [4.69, 9.17) is 16.9 Å². The van der Waals surface area contributed by atoms with Crippen LogP contribution < -0.4 is 22.9 Å². The minimum atomic E-state index is -0.729. The number of hydroxylamine groups is 1. The molecule has 8 heavy (non-hydrogen) atoms. The first kappa shape index (κ1) is 7.72. The molecule has 0 saturated heterocycles. The SMILES string of the molecule is C[N+](N)(N)ONNO. The molecule has 0 fully saturated rings. The van der Waals surface area contributed by atoms with Crippen LogP contribution in [0.3, 0.4) is 0 Å². The van der Waals surface area contributed by atoms with E-state index in [1.165, 1.54) is 12.6 Å². The molecule has 7 heteroatoms. The number of rotatable bonds is 3. The number of nitrogens with two attached hydrogens (primary N) is 2. The highest BCUT2D eigenvalue weighted by Crippen LogP contribution is 1.71. The molecule has 50 valence electrons. The van der Waals surface area contributed by atoms with E-state index < -0.39 is 4.86 Å². The van der Waals surface area contributed by atoms with Gasteiger partial charge >= 0.3 is 0 Å². The van der Waals surface area contributed by atoms with Crippen LogP contribution in [0.15, 0.2) is 0 Å². The molecular weight excluding hydrogens is 114 g/mol. The molecule has 0 aromatic rings. The standard InChI is InChI=1S/CH10N5O2/c1-6(2,3)8-5-4-7/h4-5,7H,2-3H2,1H3/q+1. The van der Waals surface area contributed by atoms with Gasteiger partial charge in [0.2, 0.25) is 0 Å². The summed E-state index contributed by atoms with van der Waals surface area (Å²) in [5, 5.41) is 7.82. The summed E-state index contributed by atoms with van der Waals surface area (Å²) in [6.07, 6.45) is 0. The topological polar surface area (TPSA) is 106 Å². The molecule has 7 nitrogen and oxygen atoms in total. The van der Waals surface area contributed by atoms with Crippen molar-refractivity contribution < 1.29 is 15.0 Å². The van der Waals surface area contributed by atoms with Crippen LogP contribution in [0.5, 0.6) is 0 Å². The van der Waals surface area contributed by atoms with Gasteiger partial charge in [0.15, 0.2) is 0 Å². The Morgan fingerprint density at radius 1 is 1.62 bits per heavy atom. The van der Waals surface area contributed by atoms with Crippen molar-refractivity contribution in [3.63, 3.8) is 0 Å². The van der Waals surface area contributed by atoms with Crippen LogP contribution in [0, 0.1) is 0 Å². The molecule has 0 atom stereocenters. The summed E-state index contributed by atoms with van der Waals surface area (Å²) in [6.45, 7) is 0. The van der Waals surface area contributed by atoms with Crippen LogP contribution in [0.25, 0.3) is 0 Å². The highest BCUT2D eigenvalue weighted by Gasteiger charge is 2.08. The van der Waals surface area contributed by atoms with Gasteiger partial charge in [0.05, 0.1) is 0 Å². The van der Waals surface area contributed by atoms with Crippen molar-refractivity contribution >= 4 is 0 Å². The minimum absolute atomic E-state index is 0.729. The predicted octanol–water partition coefficient (Wildman–Crippen LogP) is -2.49. The van der Waals surface area contributed by atoms with Crippen LogP contribution in [0.2, 0.25) is 0 Å². The molecule has 0 bridgehead atoms. The lowest BCUT2D eigenvalue weighted by Gasteiger charge is -2.15. The summed E-state index contributed by atoms with van der Waals surface area (Å²) in [6, 6.07) is 0. The fraction of sp³-hybridized carbons (Fsp3) is 1.00. The zero-order valence-electron chi connectivity index (χ0n) is 4.46. The van der Waals surface area contributed by atoms with Gasteiger partial charge in [-0.05, 0) is 9.80 Å². The summed E-state index contributed by atoms with van der Waals surface area (Å²) in [5.74, 6) is 10.0. The van der Waals surface area contributed by atoms with Gasteiger partial charge in [0.25, 0.3) is 0 Å². The average Bonchev–Trinajstić information content (AvgIpc) is 1.59. The van der Waals surface area contributed by atoms with E-state index in [9.17, 15) is 0 Å². The molecule has 0 unspecified atom stereocenters. The monoisotopic (exact) mass is 124 g/mol. The van der Waals surface area contributed by atoms with Gasteiger partial charge in [-0.1, -0.05) is 5.59 Å². The van der Waals surface area contributed by atoms with E-state index in [0.717, 1.165) is 0 Å². The van der Waals surface area contributed by atoms with Gasteiger partial charge in [-0.15, -0.1) is 17.3 Å². The Labute approximate surface area is 46.2 Å². The van der Waals surface area contributed by atoms with Crippen LogP contribution in [0.1, 0.15) is 0 Å². The molecule has 0 aromatic heterocycles. The van der Waals surface area contributed by atoms with Crippen molar-refractivity contribution in [3.05, 3.63) is 0 Å². The first-order chi connectivity index (χ1) is 3.56. The van der Waals surface area contributed by atoms with Gasteiger partial charge < -0.3 is 0 Å². The van der Waals surface area contributed by atoms with Gasteiger partial charge in [-0.2, -0.15) is 0 Å². The Kier molecular flexibility index (Phi) is 2.79. The third-order valence-corrected chi connectivity index (χ3v) is 0.288. The maximum absolute atomic E-state index is 7.82. The maximum atomic E-state index is 7.82. The molecule has 0 spiro atoms. The molecule has 0 saturated carbocycles. The summed E-state index contributed by atoms with van der Waals surface area (Å²) in [5.41, 5.74) is 3.29. The summed E-state index contributed by atoms with van der Waals surface area (Å²) >= 11 is 0. The van der Waals surface area contributed by atoms with Crippen LogP contribution in [-0.2, 0) is 4.94 Å². The highest BCUT2D eigenvalue weighted by molar-refractivity contribution is 3.69. The number of hydrazine groups is 1. The third kappa shape index (κ3) is 5.72. The molecule has 7 N–H and O–H groups in total. The van der Waals surface area contributed by atoms with Gasteiger partial charge in [0.1, 0.15) is 7.05 Å². The molecule has 0 rings (SSSR count). The predicted molar refractivity (Wildman–Crippen MR) is 23.7 cm³/mol. The van der Waals surface area contributed by atoms with E-state index in [1.54, 1.807) is 0 Å². The lowest BCUT2D eigenvalue weighted by Crippen LogP contribution is -2.60. The van der Waals surface area contributed by atoms with E-state index in [-0.39, 0.29) is 0 Å². The van der Waals surface area contributed by atoms with Crippen molar-refractivity contribution in [2.45, 2.75) is 0 Å². The fourth-order valence-electron chi connectivity index (χ4n) is 0.119. The normalized spacial score (nSPS) is 12.0. The minimum Gasteiger partial charge on any atom is -0.300 e. The summed E-state index contributed by atoms with van der Waals surface area (Å²) in [4.78, 5) is 3.53. The second-order valence-corrected chi connectivity index (χ2v) is 1.36. The van der Waals surface area contributed by atoms with Crippen molar-refractivity contribution in [1.29, 1.82) is 0 Å². The number of nitrogens with one attached hydrogen (secondary N) is 2. The Hall–Kier alpha value is -0.280. The molecule has 0 amide bonds. The average molecular weight is 124 g/mol. The Morgan fingerprint density at radius 3 is 2.25 bits per heavy atom. The highest BCUT2D eigenvalue weighted by atomic mass is 16.9. The number of nitrogens with zero attached hydrogens (tertiary/aromatic N) is 1. The van der Waals surface area contributed by atoms with E-state index in [0.29, 0.717) is 0 Å². The molecule has 0 heterocycles. The van der Waals surface area contributed by atoms with Gasteiger partial charge in [-0.25, -0.2) is 0 Å². The van der Waals surface area contributed by atoms with E-state index in [1.807, 2.05) is 5.59 Å². The first-order valence-corrected chi connectivity index (χ1v) is 1.82. The van der Waals surface area contributed by atoms with Crippen LogP contribution in [-0.4, -0.2) is 17.1 Å². The number of hydrogen-bond acceptors (Lipinski definition) is 6. The molecule has 0 radical (unpaired) electrons. The Morgan fingerprint density at radius 2 is 2.12 bits per heavy atom. The van der Waals surface area contributed by atoms with E-state index in [2.05, 4.69) is 4.94 Å². The largest absolute Gasteiger partial charge is 0.300 e. The van der Waals surface area contributed by atoms with Crippen LogP contribution >= 0.6 is 0 Å². The van der Waals surface area contributed by atoms with Crippen LogP contribution in [0.4, 0.5) is 0 Å².